The van der Waals surface area contributed by atoms with Crippen LogP contribution in [-0.2, 0) is 22.5 Å². The van der Waals surface area contributed by atoms with Gasteiger partial charge in [0, 0.05) is 19.1 Å². The van der Waals surface area contributed by atoms with Gasteiger partial charge in [-0.15, -0.1) is 0 Å². The molecule has 0 amide bonds. The zero-order chi connectivity index (χ0) is 19.2. The van der Waals surface area contributed by atoms with Crippen molar-refractivity contribution in [1.82, 2.24) is 14.6 Å². The van der Waals surface area contributed by atoms with Crippen molar-refractivity contribution >= 4 is 22.3 Å². The number of ether oxygens (including phenoxy) is 3. The van der Waals surface area contributed by atoms with Crippen molar-refractivity contribution < 1.29 is 19.0 Å². The first-order valence-electron chi connectivity index (χ1n) is 8.38. The van der Waals surface area contributed by atoms with Gasteiger partial charge in [-0.1, -0.05) is 11.3 Å². The third-order valence-corrected chi connectivity index (χ3v) is 4.65. The predicted octanol–water partition coefficient (Wildman–Crippen LogP) is 2.10. The van der Waals surface area contributed by atoms with E-state index in [-0.39, 0.29) is 12.2 Å². The minimum Gasteiger partial charge on any atom is -0.497 e. The lowest BCUT2D eigenvalue weighted by Gasteiger charge is -2.05. The summed E-state index contributed by atoms with van der Waals surface area (Å²) in [7, 11) is 1.55. The number of hydrogen-bond donors (Lipinski definition) is 0. The summed E-state index contributed by atoms with van der Waals surface area (Å²) in [5, 5.41) is 5.01. The Morgan fingerprint density at radius 3 is 2.74 bits per heavy atom. The zero-order valence-electron chi connectivity index (χ0n) is 15.0. The molecule has 2 aromatic heterocycles. The number of esters is 1. The van der Waals surface area contributed by atoms with E-state index >= 15 is 0 Å². The summed E-state index contributed by atoms with van der Waals surface area (Å²) < 4.78 is 16.9. The average molecular weight is 389 g/mol. The molecule has 0 aliphatic rings. The van der Waals surface area contributed by atoms with Crippen molar-refractivity contribution in [3.63, 3.8) is 0 Å². The topological polar surface area (TPSA) is 92.0 Å². The highest BCUT2D eigenvalue weighted by atomic mass is 32.1. The Morgan fingerprint density at radius 1 is 1.26 bits per heavy atom. The number of fused-ring (bicyclic) bond motifs is 1. The molecule has 0 bridgehead atoms. The van der Waals surface area contributed by atoms with Crippen molar-refractivity contribution in [3.05, 3.63) is 57.0 Å². The molecule has 0 aliphatic carbocycles. The number of benzene rings is 1. The molecule has 142 valence electrons. The lowest BCUT2D eigenvalue weighted by atomic mass is 10.2. The lowest BCUT2D eigenvalue weighted by molar-refractivity contribution is 0.0467. The van der Waals surface area contributed by atoms with Gasteiger partial charge in [-0.2, -0.15) is 9.61 Å². The summed E-state index contributed by atoms with van der Waals surface area (Å²) >= 11 is 1.32. The van der Waals surface area contributed by atoms with Crippen LogP contribution < -0.4 is 10.3 Å². The third-order valence-electron chi connectivity index (χ3n) is 3.68. The molecule has 0 saturated carbocycles. The molecule has 0 aliphatic heterocycles. The second-order valence-corrected chi connectivity index (χ2v) is 6.57. The highest BCUT2D eigenvalue weighted by Crippen LogP contribution is 2.14. The van der Waals surface area contributed by atoms with E-state index in [0.29, 0.717) is 41.6 Å². The second kappa shape index (κ2) is 8.74. The molecule has 0 fully saturated rings. The number of nitrogens with zero attached hydrogens (tertiary/aromatic N) is 3. The maximum atomic E-state index is 12.2. The predicted molar refractivity (Wildman–Crippen MR) is 99.4 cm³/mol. The maximum absolute atomic E-state index is 12.2. The molecule has 3 aromatic rings. The SMILES string of the molecule is CCOCCc1nn2c(=O)cc(COC(=O)c3ccc(OC)cc3)nc2s1. The quantitative estimate of drug-likeness (QED) is 0.430. The number of methoxy groups -OCH3 is 1. The largest absolute Gasteiger partial charge is 0.497 e. The molecule has 9 heteroatoms. The minimum atomic E-state index is -0.499. The van der Waals surface area contributed by atoms with Gasteiger partial charge in [-0.05, 0) is 31.2 Å². The Kier molecular flexibility index (Phi) is 6.15. The third kappa shape index (κ3) is 4.69. The van der Waals surface area contributed by atoms with Gasteiger partial charge in [0.05, 0.1) is 25.0 Å². The van der Waals surface area contributed by atoms with Gasteiger partial charge in [0.15, 0.2) is 0 Å². The summed E-state index contributed by atoms with van der Waals surface area (Å²) in [6, 6.07) is 7.89. The van der Waals surface area contributed by atoms with Crippen LogP contribution in [0, 0.1) is 0 Å². The fraction of sp³-hybridized carbons (Fsp3) is 0.333. The van der Waals surface area contributed by atoms with Crippen LogP contribution in [0.1, 0.15) is 28.0 Å². The molecule has 27 heavy (non-hydrogen) atoms. The summed E-state index contributed by atoms with van der Waals surface area (Å²) in [5.74, 6) is 0.151. The number of hydrogen-bond acceptors (Lipinski definition) is 8. The van der Waals surface area contributed by atoms with Crippen LogP contribution in [0.4, 0.5) is 0 Å². The Morgan fingerprint density at radius 2 is 2.04 bits per heavy atom. The normalized spacial score (nSPS) is 10.9. The Bertz CT molecular complexity index is 981. The molecule has 8 nitrogen and oxygen atoms in total. The monoisotopic (exact) mass is 389 g/mol. The van der Waals surface area contributed by atoms with Gasteiger partial charge >= 0.3 is 5.97 Å². The van der Waals surface area contributed by atoms with Gasteiger partial charge in [-0.3, -0.25) is 4.79 Å². The van der Waals surface area contributed by atoms with E-state index in [1.165, 1.54) is 21.9 Å². The van der Waals surface area contributed by atoms with E-state index in [2.05, 4.69) is 10.1 Å². The Hall–Kier alpha value is -2.78. The van der Waals surface area contributed by atoms with Crippen molar-refractivity contribution in [2.24, 2.45) is 0 Å². The fourth-order valence-electron chi connectivity index (χ4n) is 2.32. The van der Waals surface area contributed by atoms with E-state index in [0.717, 1.165) is 5.01 Å². The number of carbonyl (C=O) groups is 1. The highest BCUT2D eigenvalue weighted by molar-refractivity contribution is 7.16. The highest BCUT2D eigenvalue weighted by Gasteiger charge is 2.12. The number of carbonyl (C=O) groups excluding carboxylic acids is 1. The molecule has 0 saturated heterocycles. The van der Waals surface area contributed by atoms with E-state index < -0.39 is 5.97 Å². The molecule has 2 heterocycles. The molecule has 0 radical (unpaired) electrons. The average Bonchev–Trinajstić information content (AvgIpc) is 3.10. The van der Waals surface area contributed by atoms with Crippen molar-refractivity contribution in [2.75, 3.05) is 20.3 Å². The summed E-state index contributed by atoms with van der Waals surface area (Å²) in [4.78, 5) is 29.2. The summed E-state index contributed by atoms with van der Waals surface area (Å²) in [5.41, 5.74) is 0.459. The standard InChI is InChI=1S/C18H19N3O5S/c1-3-25-9-8-15-20-21-16(22)10-13(19-18(21)27-15)11-26-17(23)12-4-6-14(24-2)7-5-12/h4-7,10H,3,8-9,11H2,1-2H3. The van der Waals surface area contributed by atoms with Gasteiger partial charge in [0.1, 0.15) is 17.4 Å². The van der Waals surface area contributed by atoms with E-state index in [1.807, 2.05) is 6.92 Å². The first-order chi connectivity index (χ1) is 13.1. The van der Waals surface area contributed by atoms with E-state index in [4.69, 9.17) is 14.2 Å². The lowest BCUT2D eigenvalue weighted by Crippen LogP contribution is -2.16. The van der Waals surface area contributed by atoms with Crippen LogP contribution in [0.25, 0.3) is 4.96 Å². The van der Waals surface area contributed by atoms with Crippen molar-refractivity contribution in [2.45, 2.75) is 20.0 Å². The van der Waals surface area contributed by atoms with E-state index in [1.54, 1.807) is 31.4 Å². The van der Waals surface area contributed by atoms with Gasteiger partial charge in [0.25, 0.3) is 5.56 Å². The van der Waals surface area contributed by atoms with Crippen LogP contribution in [0.15, 0.2) is 35.1 Å². The van der Waals surface area contributed by atoms with Crippen LogP contribution in [-0.4, -0.2) is 40.9 Å². The van der Waals surface area contributed by atoms with Crippen molar-refractivity contribution in [3.8, 4) is 5.75 Å². The van der Waals surface area contributed by atoms with E-state index in [9.17, 15) is 9.59 Å². The zero-order valence-corrected chi connectivity index (χ0v) is 15.8. The van der Waals surface area contributed by atoms with Gasteiger partial charge in [0.2, 0.25) is 4.96 Å². The molecule has 0 atom stereocenters. The van der Waals surface area contributed by atoms with Gasteiger partial charge < -0.3 is 14.2 Å². The van der Waals surface area contributed by atoms with Crippen LogP contribution in [0.2, 0.25) is 0 Å². The molecular weight excluding hydrogens is 370 g/mol. The second-order valence-electron chi connectivity index (χ2n) is 5.53. The van der Waals surface area contributed by atoms with Crippen LogP contribution >= 0.6 is 11.3 Å². The Balaban J connectivity index is 1.69. The first-order valence-corrected chi connectivity index (χ1v) is 9.20. The molecule has 0 N–H and O–H groups in total. The maximum Gasteiger partial charge on any atom is 0.338 e. The molecule has 3 rings (SSSR count). The van der Waals surface area contributed by atoms with Crippen molar-refractivity contribution in [1.29, 1.82) is 0 Å². The van der Waals surface area contributed by atoms with Crippen LogP contribution in [0.5, 0.6) is 5.75 Å². The molecule has 0 spiro atoms. The summed E-state index contributed by atoms with van der Waals surface area (Å²) in [6.45, 7) is 3.00. The fourth-order valence-corrected chi connectivity index (χ4v) is 3.22. The minimum absolute atomic E-state index is 0.0945. The molecule has 0 unspecified atom stereocenters. The Labute approximate surface area is 159 Å². The molecule has 1 aromatic carbocycles. The summed E-state index contributed by atoms with van der Waals surface area (Å²) in [6.07, 6.45) is 0.614. The smallest absolute Gasteiger partial charge is 0.338 e. The van der Waals surface area contributed by atoms with Gasteiger partial charge in [-0.25, -0.2) is 9.78 Å². The van der Waals surface area contributed by atoms with Crippen LogP contribution in [0.3, 0.4) is 0 Å². The molecular formula is C18H19N3O5S. The number of rotatable bonds is 8. The first kappa shape index (κ1) is 19.0. The number of aromatic nitrogens is 3.